The summed E-state index contributed by atoms with van der Waals surface area (Å²) in [5, 5.41) is 8.04. The zero-order valence-corrected chi connectivity index (χ0v) is 25.4. The minimum Gasteiger partial charge on any atom is -0.406 e. The number of urea groups is 1. The molecule has 12 heteroatoms. The maximum atomic E-state index is 12.9. The number of aromatic nitrogens is 3. The van der Waals surface area contributed by atoms with Crippen molar-refractivity contribution in [2.75, 3.05) is 17.2 Å². The number of nitrogens with zero attached hydrogens (tertiary/aromatic N) is 5. The van der Waals surface area contributed by atoms with E-state index in [4.69, 9.17) is 0 Å². The van der Waals surface area contributed by atoms with Crippen LogP contribution in [0.4, 0.5) is 23.7 Å². The number of hydrogen-bond donors (Lipinski definition) is 1. The van der Waals surface area contributed by atoms with Gasteiger partial charge in [-0.25, -0.2) is 14.5 Å². The fourth-order valence-corrected chi connectivity index (χ4v) is 5.66. The molecule has 1 aliphatic heterocycles. The highest BCUT2D eigenvalue weighted by molar-refractivity contribution is 8.14. The van der Waals surface area contributed by atoms with Gasteiger partial charge in [0.25, 0.3) is 0 Å². The Morgan fingerprint density at radius 3 is 2.41 bits per heavy atom. The molecule has 228 valence electrons. The standard InChI is InChI=1S/C32H31F3N6O2S/c1-20(2)27-7-5-6-8-28(27)40-17-18-44-31(40)38-30(42)37-22(4)21(3)23-9-11-24(12-10-23)29-36-19-41(39-29)25-13-15-26(16-14-25)43-32(33,34)35/h5-16,19-20H,17-18H2,1-4H3,(H,37,42)/b22-21+,38-31-. The molecule has 5 rings (SSSR count). The second-order valence-electron chi connectivity index (χ2n) is 10.4. The number of carbonyl (C=O) groups excluding carboxylic acids is 1. The summed E-state index contributed by atoms with van der Waals surface area (Å²) in [4.78, 5) is 23.8. The van der Waals surface area contributed by atoms with E-state index in [1.165, 1.54) is 40.8 Å². The topological polar surface area (TPSA) is 84.6 Å². The van der Waals surface area contributed by atoms with Gasteiger partial charge in [-0.1, -0.05) is 68.1 Å². The van der Waals surface area contributed by atoms with Crippen LogP contribution in [0.3, 0.4) is 0 Å². The lowest BCUT2D eigenvalue weighted by molar-refractivity contribution is -0.274. The molecule has 44 heavy (non-hydrogen) atoms. The van der Waals surface area contributed by atoms with Gasteiger partial charge in [-0.15, -0.1) is 18.3 Å². The summed E-state index contributed by atoms with van der Waals surface area (Å²) in [7, 11) is 0. The van der Waals surface area contributed by atoms with Gasteiger partial charge in [0.1, 0.15) is 12.1 Å². The SMILES string of the molecule is C/C(NC(=O)/N=C1\SCCN1c1ccccc1C(C)C)=C(/C)c1ccc(-c2ncn(-c3ccc(OC(F)(F)F)cc3)n2)cc1. The van der Waals surface area contributed by atoms with Crippen molar-refractivity contribution in [3.63, 3.8) is 0 Å². The highest BCUT2D eigenvalue weighted by atomic mass is 32.2. The fraction of sp³-hybridized carbons (Fsp3) is 0.250. The Balaban J connectivity index is 1.25. The number of anilines is 1. The lowest BCUT2D eigenvalue weighted by atomic mass is 10.0. The highest BCUT2D eigenvalue weighted by Crippen LogP contribution is 2.32. The van der Waals surface area contributed by atoms with Gasteiger partial charge in [-0.05, 0) is 66.8 Å². The quantitative estimate of drug-likeness (QED) is 0.225. The molecule has 2 heterocycles. The molecule has 0 spiro atoms. The zero-order chi connectivity index (χ0) is 31.4. The summed E-state index contributed by atoms with van der Waals surface area (Å²) in [5.74, 6) is 1.34. The van der Waals surface area contributed by atoms with Gasteiger partial charge < -0.3 is 15.0 Å². The van der Waals surface area contributed by atoms with E-state index in [9.17, 15) is 18.0 Å². The van der Waals surface area contributed by atoms with E-state index < -0.39 is 12.4 Å². The molecule has 0 saturated carbocycles. The molecule has 0 bridgehead atoms. The van der Waals surface area contributed by atoms with Crippen molar-refractivity contribution in [1.29, 1.82) is 0 Å². The third-order valence-electron chi connectivity index (χ3n) is 7.08. The van der Waals surface area contributed by atoms with Crippen molar-refractivity contribution >= 4 is 34.2 Å². The average Bonchev–Trinajstić information content (AvgIpc) is 3.67. The first-order valence-electron chi connectivity index (χ1n) is 13.9. The number of aliphatic imine (C=N–C) groups is 1. The maximum absolute atomic E-state index is 12.9. The monoisotopic (exact) mass is 620 g/mol. The Kier molecular flexibility index (Phi) is 9.09. The van der Waals surface area contributed by atoms with Crippen molar-refractivity contribution in [3.8, 4) is 22.8 Å². The summed E-state index contributed by atoms with van der Waals surface area (Å²) >= 11 is 1.57. The van der Waals surface area contributed by atoms with Crippen LogP contribution in [0.1, 0.15) is 44.7 Å². The maximum Gasteiger partial charge on any atom is 0.573 e. The number of ether oxygens (including phenoxy) is 1. The zero-order valence-electron chi connectivity index (χ0n) is 24.6. The van der Waals surface area contributed by atoms with Gasteiger partial charge in [0, 0.05) is 29.2 Å². The Morgan fingerprint density at radius 1 is 1.02 bits per heavy atom. The Morgan fingerprint density at radius 2 is 1.73 bits per heavy atom. The minimum absolute atomic E-state index is 0.314. The van der Waals surface area contributed by atoms with Crippen LogP contribution in [0, 0.1) is 0 Å². The van der Waals surface area contributed by atoms with E-state index in [1.54, 1.807) is 11.8 Å². The normalized spacial score (nSPS) is 15.1. The fourth-order valence-electron chi connectivity index (χ4n) is 4.71. The van der Waals surface area contributed by atoms with Crippen molar-refractivity contribution in [3.05, 3.63) is 95.9 Å². The molecule has 2 amide bonds. The number of alkyl halides is 3. The number of amides is 2. The molecule has 3 aromatic carbocycles. The molecule has 1 N–H and O–H groups in total. The number of nitrogens with one attached hydrogen (secondary N) is 1. The summed E-state index contributed by atoms with van der Waals surface area (Å²) in [6, 6.07) is 20.7. The summed E-state index contributed by atoms with van der Waals surface area (Å²) < 4.78 is 42.7. The molecule has 0 aliphatic carbocycles. The van der Waals surface area contributed by atoms with Crippen LogP contribution < -0.4 is 15.0 Å². The van der Waals surface area contributed by atoms with Crippen LogP contribution >= 0.6 is 11.8 Å². The number of amidine groups is 1. The number of thioether (sulfide) groups is 1. The molecule has 1 aromatic heterocycles. The number of halogens is 3. The van der Waals surface area contributed by atoms with Crippen LogP contribution in [-0.2, 0) is 0 Å². The lowest BCUT2D eigenvalue weighted by Crippen LogP contribution is -2.28. The van der Waals surface area contributed by atoms with Crippen LogP contribution in [0.2, 0.25) is 0 Å². The van der Waals surface area contributed by atoms with E-state index in [0.717, 1.165) is 34.7 Å². The number of hydrogen-bond acceptors (Lipinski definition) is 5. The Hall–Kier alpha value is -4.58. The minimum atomic E-state index is -4.75. The highest BCUT2D eigenvalue weighted by Gasteiger charge is 2.31. The van der Waals surface area contributed by atoms with E-state index >= 15 is 0 Å². The Bertz CT molecular complexity index is 1700. The van der Waals surface area contributed by atoms with Gasteiger partial charge in [-0.3, -0.25) is 0 Å². The molecule has 0 radical (unpaired) electrons. The van der Waals surface area contributed by atoms with Gasteiger partial charge in [-0.2, -0.15) is 4.99 Å². The van der Waals surface area contributed by atoms with E-state index in [0.29, 0.717) is 28.3 Å². The van der Waals surface area contributed by atoms with Gasteiger partial charge in [0.05, 0.1) is 5.69 Å². The van der Waals surface area contributed by atoms with Crippen LogP contribution in [0.15, 0.2) is 89.8 Å². The molecular formula is C32H31F3N6O2S. The van der Waals surface area contributed by atoms with Crippen LogP contribution in [0.5, 0.6) is 5.75 Å². The number of carbonyl (C=O) groups is 1. The molecule has 1 saturated heterocycles. The first-order chi connectivity index (χ1) is 21.0. The average molecular weight is 621 g/mol. The summed E-state index contributed by atoms with van der Waals surface area (Å²) in [5.41, 5.74) is 6.05. The molecule has 1 fully saturated rings. The number of para-hydroxylation sites is 1. The predicted octanol–water partition coefficient (Wildman–Crippen LogP) is 8.03. The molecule has 4 aromatic rings. The summed E-state index contributed by atoms with van der Waals surface area (Å²) in [6.45, 7) is 8.86. The first-order valence-corrected chi connectivity index (χ1v) is 14.9. The van der Waals surface area contributed by atoms with Crippen LogP contribution in [-0.4, -0.2) is 44.6 Å². The van der Waals surface area contributed by atoms with Crippen LogP contribution in [0.25, 0.3) is 22.6 Å². The van der Waals surface area contributed by atoms with Crippen molar-refractivity contribution < 1.29 is 22.7 Å². The smallest absolute Gasteiger partial charge is 0.406 e. The van der Waals surface area contributed by atoms with Crippen molar-refractivity contribution in [2.45, 2.75) is 40.0 Å². The Labute approximate surface area is 257 Å². The van der Waals surface area contributed by atoms with Gasteiger partial charge >= 0.3 is 12.4 Å². The van der Waals surface area contributed by atoms with Gasteiger partial charge in [0.15, 0.2) is 11.0 Å². The van der Waals surface area contributed by atoms with Crippen molar-refractivity contribution in [2.24, 2.45) is 4.99 Å². The predicted molar refractivity (Wildman–Crippen MR) is 168 cm³/mol. The number of rotatable bonds is 7. The first kappa shape index (κ1) is 30.9. The molecule has 1 aliphatic rings. The molecule has 0 unspecified atom stereocenters. The third kappa shape index (κ3) is 7.31. The third-order valence-corrected chi connectivity index (χ3v) is 8.04. The lowest BCUT2D eigenvalue weighted by Gasteiger charge is -2.23. The second kappa shape index (κ2) is 13.0. The molecule has 8 nitrogen and oxygen atoms in total. The number of allylic oxidation sites excluding steroid dienone is 2. The summed E-state index contributed by atoms with van der Waals surface area (Å²) in [6.07, 6.45) is -3.27. The largest absolute Gasteiger partial charge is 0.573 e. The van der Waals surface area contributed by atoms with Crippen molar-refractivity contribution in [1.82, 2.24) is 20.1 Å². The molecular weight excluding hydrogens is 589 g/mol. The van der Waals surface area contributed by atoms with E-state index in [2.05, 4.69) is 56.0 Å². The number of benzene rings is 3. The van der Waals surface area contributed by atoms with E-state index in [1.807, 2.05) is 50.2 Å². The van der Waals surface area contributed by atoms with Gasteiger partial charge in [0.2, 0.25) is 0 Å². The van der Waals surface area contributed by atoms with E-state index in [-0.39, 0.29) is 5.75 Å². The molecule has 0 atom stereocenters. The second-order valence-corrected chi connectivity index (χ2v) is 11.5.